The monoisotopic (exact) mass is 337 g/mol. The number of rotatable bonds is 1. The summed E-state index contributed by atoms with van der Waals surface area (Å²) < 4.78 is 0.855. The molecule has 0 saturated carbocycles. The van der Waals surface area contributed by atoms with E-state index in [2.05, 4.69) is 31.2 Å². The Kier molecular flexibility index (Phi) is 3.14. The van der Waals surface area contributed by atoms with Gasteiger partial charge < -0.3 is 10.3 Å². The van der Waals surface area contributed by atoms with Gasteiger partial charge in [0.1, 0.15) is 16.1 Å². The van der Waals surface area contributed by atoms with E-state index in [9.17, 15) is 4.79 Å². The number of aryl methyl sites for hydroxylation is 1. The number of amides is 1. The number of imidazole rings is 1. The molecule has 0 saturated heterocycles. The summed E-state index contributed by atoms with van der Waals surface area (Å²) in [5, 5.41) is 2.89. The molecule has 1 aliphatic heterocycles. The van der Waals surface area contributed by atoms with E-state index in [0.717, 1.165) is 32.3 Å². The number of benzene rings is 1. The Morgan fingerprint density at radius 3 is 2.89 bits per heavy atom. The van der Waals surface area contributed by atoms with Crippen molar-refractivity contribution >= 4 is 39.3 Å². The zero-order valence-corrected chi connectivity index (χ0v) is 12.9. The van der Waals surface area contributed by atoms with Gasteiger partial charge in [0, 0.05) is 10.5 Å². The number of anilines is 1. The van der Waals surface area contributed by atoms with Crippen LogP contribution in [-0.2, 0) is 4.79 Å². The molecule has 1 aromatic carbocycles. The normalized spacial score (nSPS) is 18.1. The summed E-state index contributed by atoms with van der Waals surface area (Å²) in [5.74, 6) is 0.901. The SMILES string of the molecule is Cc1nc(-c2ccc3c(c2)NC(=O)C(C)S3)c(Br)[nH]1. The summed E-state index contributed by atoms with van der Waals surface area (Å²) in [7, 11) is 0. The van der Waals surface area contributed by atoms with Gasteiger partial charge >= 0.3 is 0 Å². The molecule has 4 nitrogen and oxygen atoms in total. The van der Waals surface area contributed by atoms with Crippen LogP contribution >= 0.6 is 27.7 Å². The van der Waals surface area contributed by atoms with E-state index in [-0.39, 0.29) is 11.2 Å². The minimum atomic E-state index is -0.0438. The topological polar surface area (TPSA) is 57.8 Å². The smallest absolute Gasteiger partial charge is 0.237 e. The second-order valence-corrected chi connectivity index (χ2v) is 6.62. The number of hydrogen-bond donors (Lipinski definition) is 2. The van der Waals surface area contributed by atoms with Gasteiger partial charge in [-0.3, -0.25) is 4.79 Å². The van der Waals surface area contributed by atoms with Gasteiger partial charge in [-0.25, -0.2) is 4.98 Å². The van der Waals surface area contributed by atoms with E-state index in [1.807, 2.05) is 32.0 Å². The Morgan fingerprint density at radius 1 is 1.42 bits per heavy atom. The fraction of sp³-hybridized carbons (Fsp3) is 0.231. The van der Waals surface area contributed by atoms with Crippen molar-refractivity contribution in [2.45, 2.75) is 24.0 Å². The fourth-order valence-corrected chi connectivity index (χ4v) is 3.54. The highest BCUT2D eigenvalue weighted by atomic mass is 79.9. The van der Waals surface area contributed by atoms with E-state index in [1.54, 1.807) is 11.8 Å². The van der Waals surface area contributed by atoms with Crippen LogP contribution in [0.15, 0.2) is 27.7 Å². The second-order valence-electron chi connectivity index (χ2n) is 4.45. The maximum absolute atomic E-state index is 11.7. The average molecular weight is 338 g/mol. The van der Waals surface area contributed by atoms with Crippen molar-refractivity contribution in [2.75, 3.05) is 5.32 Å². The van der Waals surface area contributed by atoms with Crippen LogP contribution in [0.2, 0.25) is 0 Å². The van der Waals surface area contributed by atoms with Crippen LogP contribution in [0.1, 0.15) is 12.7 Å². The number of aromatic nitrogens is 2. The first kappa shape index (κ1) is 12.7. The van der Waals surface area contributed by atoms with Crippen LogP contribution in [0.25, 0.3) is 11.3 Å². The van der Waals surface area contributed by atoms with Crippen LogP contribution in [0.5, 0.6) is 0 Å². The Morgan fingerprint density at radius 2 is 2.21 bits per heavy atom. The number of aromatic amines is 1. The first-order valence-electron chi connectivity index (χ1n) is 5.88. The second kappa shape index (κ2) is 4.68. The van der Waals surface area contributed by atoms with E-state index < -0.39 is 0 Å². The van der Waals surface area contributed by atoms with Gasteiger partial charge in [0.25, 0.3) is 0 Å². The van der Waals surface area contributed by atoms with Crippen LogP contribution in [0, 0.1) is 6.92 Å². The lowest BCUT2D eigenvalue weighted by atomic mass is 10.1. The van der Waals surface area contributed by atoms with Crippen molar-refractivity contribution in [3.8, 4) is 11.3 Å². The van der Waals surface area contributed by atoms with Gasteiger partial charge in [-0.15, -0.1) is 11.8 Å². The summed E-state index contributed by atoms with van der Waals surface area (Å²) in [6.07, 6.45) is 0. The molecule has 0 aliphatic carbocycles. The molecule has 0 radical (unpaired) electrons. The molecule has 1 aliphatic rings. The summed E-state index contributed by atoms with van der Waals surface area (Å²) in [4.78, 5) is 20.4. The Labute approximate surface area is 123 Å². The van der Waals surface area contributed by atoms with Crippen molar-refractivity contribution in [3.63, 3.8) is 0 Å². The molecule has 6 heteroatoms. The van der Waals surface area contributed by atoms with E-state index in [0.29, 0.717) is 0 Å². The number of carbonyl (C=O) groups excluding carboxylic acids is 1. The predicted molar refractivity (Wildman–Crippen MR) is 80.4 cm³/mol. The molecule has 1 atom stereocenters. The van der Waals surface area contributed by atoms with Gasteiger partial charge in [-0.2, -0.15) is 0 Å². The van der Waals surface area contributed by atoms with E-state index >= 15 is 0 Å². The molecular formula is C13H12BrN3OS. The van der Waals surface area contributed by atoms with Crippen LogP contribution in [-0.4, -0.2) is 21.1 Å². The lowest BCUT2D eigenvalue weighted by molar-refractivity contribution is -0.115. The number of thioether (sulfide) groups is 1. The molecule has 98 valence electrons. The third kappa shape index (κ3) is 2.30. The number of carbonyl (C=O) groups is 1. The van der Waals surface area contributed by atoms with Gasteiger partial charge in [-0.05, 0) is 41.9 Å². The van der Waals surface area contributed by atoms with Gasteiger partial charge in [0.15, 0.2) is 0 Å². The number of H-pyrrole nitrogens is 1. The molecule has 2 N–H and O–H groups in total. The molecule has 0 bridgehead atoms. The number of fused-ring (bicyclic) bond motifs is 1. The number of hydrogen-bond acceptors (Lipinski definition) is 3. The summed E-state index contributed by atoms with van der Waals surface area (Å²) in [6.45, 7) is 3.82. The Balaban J connectivity index is 2.05. The molecule has 3 rings (SSSR count). The largest absolute Gasteiger partial charge is 0.336 e. The number of halogens is 1. The molecule has 0 fully saturated rings. The van der Waals surface area contributed by atoms with Crippen LogP contribution in [0.3, 0.4) is 0 Å². The quantitative estimate of drug-likeness (QED) is 0.836. The molecule has 1 aromatic heterocycles. The molecule has 0 spiro atoms. The maximum atomic E-state index is 11.7. The third-order valence-electron chi connectivity index (χ3n) is 2.96. The molecule has 1 unspecified atom stereocenters. The minimum absolute atomic E-state index is 0.0438. The summed E-state index contributed by atoms with van der Waals surface area (Å²) in [6, 6.07) is 6.02. The van der Waals surface area contributed by atoms with Gasteiger partial charge in [0.05, 0.1) is 10.9 Å². The molecule has 2 heterocycles. The summed E-state index contributed by atoms with van der Waals surface area (Å²) >= 11 is 5.04. The Bertz CT molecular complexity index is 668. The highest BCUT2D eigenvalue weighted by molar-refractivity contribution is 9.10. The van der Waals surface area contributed by atoms with Crippen molar-refractivity contribution in [2.24, 2.45) is 0 Å². The van der Waals surface area contributed by atoms with Gasteiger partial charge in [-0.1, -0.05) is 6.07 Å². The molecule has 2 aromatic rings. The molecular weight excluding hydrogens is 326 g/mol. The first-order chi connectivity index (χ1) is 9.04. The average Bonchev–Trinajstić information content (AvgIpc) is 2.69. The van der Waals surface area contributed by atoms with Crippen molar-refractivity contribution in [3.05, 3.63) is 28.6 Å². The fourth-order valence-electron chi connectivity index (χ4n) is 2.01. The molecule has 1 amide bonds. The first-order valence-corrected chi connectivity index (χ1v) is 7.56. The highest BCUT2D eigenvalue weighted by Gasteiger charge is 2.23. The standard InChI is InChI=1S/C13H12BrN3OS/c1-6-13(18)17-9-5-8(3-4-10(9)19-6)11-12(14)16-7(2)15-11/h3-6H,1-2H3,(H,15,16)(H,17,18). The van der Waals surface area contributed by atoms with Crippen LogP contribution < -0.4 is 5.32 Å². The Hall–Kier alpha value is -1.27. The summed E-state index contributed by atoms with van der Waals surface area (Å²) in [5.41, 5.74) is 2.70. The molecule has 19 heavy (non-hydrogen) atoms. The van der Waals surface area contributed by atoms with Crippen LogP contribution in [0.4, 0.5) is 5.69 Å². The number of nitrogens with zero attached hydrogens (tertiary/aromatic N) is 1. The van der Waals surface area contributed by atoms with E-state index in [4.69, 9.17) is 0 Å². The number of nitrogens with one attached hydrogen (secondary N) is 2. The lowest BCUT2D eigenvalue weighted by Crippen LogP contribution is -2.26. The van der Waals surface area contributed by atoms with Crippen molar-refractivity contribution < 1.29 is 4.79 Å². The lowest BCUT2D eigenvalue weighted by Gasteiger charge is -2.21. The zero-order valence-electron chi connectivity index (χ0n) is 10.5. The van der Waals surface area contributed by atoms with Crippen molar-refractivity contribution in [1.82, 2.24) is 9.97 Å². The maximum Gasteiger partial charge on any atom is 0.237 e. The minimum Gasteiger partial charge on any atom is -0.336 e. The van der Waals surface area contributed by atoms with Crippen molar-refractivity contribution in [1.29, 1.82) is 0 Å². The van der Waals surface area contributed by atoms with E-state index in [1.165, 1.54) is 0 Å². The van der Waals surface area contributed by atoms with Gasteiger partial charge in [0.2, 0.25) is 5.91 Å². The highest BCUT2D eigenvalue weighted by Crippen LogP contribution is 2.38. The third-order valence-corrected chi connectivity index (χ3v) is 4.71. The predicted octanol–water partition coefficient (Wildman–Crippen LogP) is 3.58. The zero-order chi connectivity index (χ0) is 13.6.